The number of nitrogens with one attached hydrogen (secondary N) is 2. The number of carbonyl (C=O) groups excluding carboxylic acids is 1. The second-order valence-corrected chi connectivity index (χ2v) is 6.33. The molecule has 7 heteroatoms. The number of benzene rings is 1. The van der Waals surface area contributed by atoms with Crippen molar-refractivity contribution in [1.29, 1.82) is 0 Å². The number of anilines is 1. The molecule has 0 fully saturated rings. The van der Waals surface area contributed by atoms with Gasteiger partial charge in [-0.15, -0.1) is 0 Å². The lowest BCUT2D eigenvalue weighted by atomic mass is 10.1. The highest BCUT2D eigenvalue weighted by atomic mass is 32.2. The van der Waals surface area contributed by atoms with Crippen LogP contribution in [0.25, 0.3) is 0 Å². The number of carbonyl (C=O) groups is 1. The number of rotatable bonds is 6. The lowest BCUT2D eigenvalue weighted by molar-refractivity contribution is -0.122. The molecule has 1 rings (SSSR count). The number of hydrogen-bond donors (Lipinski definition) is 3. The summed E-state index contributed by atoms with van der Waals surface area (Å²) in [4.78, 5) is 11.2. The minimum Gasteiger partial charge on any atom is -0.385 e. The third-order valence-corrected chi connectivity index (χ3v) is 4.22. The van der Waals surface area contributed by atoms with Crippen LogP contribution in [0.4, 0.5) is 5.69 Å². The van der Waals surface area contributed by atoms with Gasteiger partial charge in [0.05, 0.1) is 4.90 Å². The van der Waals surface area contributed by atoms with E-state index in [1.807, 2.05) is 6.92 Å². The molecule has 0 radical (unpaired) electrons. The summed E-state index contributed by atoms with van der Waals surface area (Å²) in [6.07, 6.45) is 0. The number of hydrogen-bond acceptors (Lipinski definition) is 4. The largest absolute Gasteiger partial charge is 0.385 e. The Morgan fingerprint density at radius 2 is 1.79 bits per heavy atom. The molecule has 0 atom stereocenters. The average molecular weight is 285 g/mol. The highest BCUT2D eigenvalue weighted by Gasteiger charge is 2.31. The molecule has 0 aliphatic heterocycles. The summed E-state index contributed by atoms with van der Waals surface area (Å²) in [5, 5.41) is 3.06. The molecule has 1 amide bonds. The molecule has 6 nitrogen and oxygen atoms in total. The molecule has 0 heterocycles. The van der Waals surface area contributed by atoms with Crippen LogP contribution in [0.5, 0.6) is 0 Å². The van der Waals surface area contributed by atoms with E-state index in [0.717, 1.165) is 12.2 Å². The van der Waals surface area contributed by atoms with Crippen molar-refractivity contribution in [3.05, 3.63) is 24.3 Å². The molecular weight excluding hydrogens is 266 g/mol. The highest BCUT2D eigenvalue weighted by molar-refractivity contribution is 7.89. The molecule has 0 saturated carbocycles. The van der Waals surface area contributed by atoms with Gasteiger partial charge >= 0.3 is 0 Å². The fourth-order valence-corrected chi connectivity index (χ4v) is 2.79. The predicted molar refractivity (Wildman–Crippen MR) is 74.2 cm³/mol. The molecule has 0 aliphatic carbocycles. The zero-order chi connectivity index (χ0) is 14.7. The predicted octanol–water partition coefficient (Wildman–Crippen LogP) is 0.661. The number of sulfonamides is 1. The Morgan fingerprint density at radius 3 is 2.21 bits per heavy atom. The van der Waals surface area contributed by atoms with E-state index in [9.17, 15) is 13.2 Å². The molecule has 0 spiro atoms. The van der Waals surface area contributed by atoms with Crippen molar-refractivity contribution in [1.82, 2.24) is 4.72 Å². The minimum absolute atomic E-state index is 0.0866. The van der Waals surface area contributed by atoms with Gasteiger partial charge in [-0.3, -0.25) is 4.79 Å². The zero-order valence-corrected chi connectivity index (χ0v) is 12.0. The fraction of sp³-hybridized carbons (Fsp3) is 0.417. The molecule has 0 saturated heterocycles. The van der Waals surface area contributed by atoms with Crippen LogP contribution in [0.15, 0.2) is 29.2 Å². The monoisotopic (exact) mass is 285 g/mol. The van der Waals surface area contributed by atoms with Crippen molar-refractivity contribution >= 4 is 21.6 Å². The lowest BCUT2D eigenvalue weighted by Crippen LogP contribution is -2.52. The van der Waals surface area contributed by atoms with Crippen molar-refractivity contribution < 1.29 is 13.2 Å². The molecule has 0 bridgehead atoms. The van der Waals surface area contributed by atoms with Crippen LogP contribution in [0.1, 0.15) is 20.8 Å². The van der Waals surface area contributed by atoms with Gasteiger partial charge in [0.1, 0.15) is 5.54 Å². The summed E-state index contributed by atoms with van der Waals surface area (Å²) < 4.78 is 26.4. The van der Waals surface area contributed by atoms with Crippen LogP contribution >= 0.6 is 0 Å². The second kappa shape index (κ2) is 5.58. The summed E-state index contributed by atoms with van der Waals surface area (Å²) >= 11 is 0. The van der Waals surface area contributed by atoms with E-state index in [1.165, 1.54) is 26.0 Å². The maximum atomic E-state index is 12.1. The summed E-state index contributed by atoms with van der Waals surface area (Å²) in [5.74, 6) is -0.736. The van der Waals surface area contributed by atoms with Gasteiger partial charge in [0.2, 0.25) is 15.9 Å². The van der Waals surface area contributed by atoms with E-state index < -0.39 is 21.5 Å². The second-order valence-electron chi connectivity index (χ2n) is 4.65. The summed E-state index contributed by atoms with van der Waals surface area (Å²) in [5.41, 5.74) is 4.64. The minimum atomic E-state index is -3.77. The molecule has 0 aliphatic rings. The average Bonchev–Trinajstić information content (AvgIpc) is 2.28. The first-order valence-corrected chi connectivity index (χ1v) is 7.35. The molecule has 1 aromatic carbocycles. The Labute approximate surface area is 113 Å². The van der Waals surface area contributed by atoms with E-state index in [4.69, 9.17) is 5.73 Å². The molecule has 0 aromatic heterocycles. The topological polar surface area (TPSA) is 101 Å². The standard InChI is InChI=1S/C12H19N3O3S/c1-4-14-9-5-7-10(8-6-9)19(17,18)15-12(2,3)11(13)16/h5-8,14-15H,4H2,1-3H3,(H2,13,16). The Kier molecular flexibility index (Phi) is 4.54. The first-order chi connectivity index (χ1) is 8.69. The van der Waals surface area contributed by atoms with Gasteiger partial charge in [0, 0.05) is 12.2 Å². The Hall–Kier alpha value is -1.60. The van der Waals surface area contributed by atoms with Crippen LogP contribution in [0.2, 0.25) is 0 Å². The molecule has 0 unspecified atom stereocenters. The van der Waals surface area contributed by atoms with Gasteiger partial charge < -0.3 is 11.1 Å². The van der Waals surface area contributed by atoms with Crippen LogP contribution < -0.4 is 15.8 Å². The lowest BCUT2D eigenvalue weighted by Gasteiger charge is -2.22. The maximum Gasteiger partial charge on any atom is 0.241 e. The molecule has 106 valence electrons. The van der Waals surface area contributed by atoms with Gasteiger partial charge in [-0.2, -0.15) is 4.72 Å². The molecular formula is C12H19N3O3S. The van der Waals surface area contributed by atoms with Gasteiger partial charge in [0.25, 0.3) is 0 Å². The van der Waals surface area contributed by atoms with Gasteiger partial charge in [0.15, 0.2) is 0 Å². The zero-order valence-electron chi connectivity index (χ0n) is 11.2. The number of primary amides is 1. The Morgan fingerprint density at radius 1 is 1.26 bits per heavy atom. The van der Waals surface area contributed by atoms with Crippen LogP contribution in [-0.2, 0) is 14.8 Å². The summed E-state index contributed by atoms with van der Waals surface area (Å²) in [6.45, 7) is 5.53. The van der Waals surface area contributed by atoms with E-state index >= 15 is 0 Å². The van der Waals surface area contributed by atoms with Crippen molar-refractivity contribution in [3.8, 4) is 0 Å². The quantitative estimate of drug-likeness (QED) is 0.714. The van der Waals surface area contributed by atoms with Crippen molar-refractivity contribution in [2.75, 3.05) is 11.9 Å². The van der Waals surface area contributed by atoms with Crippen molar-refractivity contribution in [2.24, 2.45) is 5.73 Å². The Bertz CT molecular complexity index is 550. The van der Waals surface area contributed by atoms with Crippen molar-refractivity contribution in [2.45, 2.75) is 31.2 Å². The SMILES string of the molecule is CCNc1ccc(S(=O)(=O)NC(C)(C)C(N)=O)cc1. The van der Waals surface area contributed by atoms with Crippen LogP contribution in [0.3, 0.4) is 0 Å². The normalized spacial score (nSPS) is 12.2. The van der Waals surface area contributed by atoms with Crippen LogP contribution in [-0.4, -0.2) is 26.4 Å². The van der Waals surface area contributed by atoms with E-state index in [-0.39, 0.29) is 4.90 Å². The molecule has 1 aromatic rings. The van der Waals surface area contributed by atoms with Gasteiger partial charge in [-0.1, -0.05) is 0 Å². The Balaban J connectivity index is 2.98. The molecule has 19 heavy (non-hydrogen) atoms. The summed E-state index contributed by atoms with van der Waals surface area (Å²) in [6, 6.07) is 6.26. The van der Waals surface area contributed by atoms with E-state index in [2.05, 4.69) is 10.0 Å². The smallest absolute Gasteiger partial charge is 0.241 e. The highest BCUT2D eigenvalue weighted by Crippen LogP contribution is 2.16. The first kappa shape index (κ1) is 15.5. The van der Waals surface area contributed by atoms with Crippen molar-refractivity contribution in [3.63, 3.8) is 0 Å². The fourth-order valence-electron chi connectivity index (χ4n) is 1.40. The molecule has 4 N–H and O–H groups in total. The number of nitrogens with two attached hydrogens (primary N) is 1. The first-order valence-electron chi connectivity index (χ1n) is 5.87. The van der Waals surface area contributed by atoms with Crippen LogP contribution in [0, 0.1) is 0 Å². The third kappa shape index (κ3) is 3.93. The van der Waals surface area contributed by atoms with E-state index in [0.29, 0.717) is 0 Å². The summed E-state index contributed by atoms with van der Waals surface area (Å²) in [7, 11) is -3.77. The third-order valence-electron chi connectivity index (χ3n) is 2.55. The maximum absolute atomic E-state index is 12.1. The number of amides is 1. The van der Waals surface area contributed by atoms with Gasteiger partial charge in [-0.25, -0.2) is 8.42 Å². The van der Waals surface area contributed by atoms with Gasteiger partial charge in [-0.05, 0) is 45.0 Å². The van der Waals surface area contributed by atoms with E-state index in [1.54, 1.807) is 12.1 Å².